The first-order chi connectivity index (χ1) is 14.5. The summed E-state index contributed by atoms with van der Waals surface area (Å²) >= 11 is 0. The fourth-order valence-electron chi connectivity index (χ4n) is 3.49. The molecule has 4 rings (SSSR count). The molecule has 1 saturated heterocycles. The van der Waals surface area contributed by atoms with Gasteiger partial charge in [0.1, 0.15) is 11.9 Å². The van der Waals surface area contributed by atoms with E-state index in [2.05, 4.69) is 5.16 Å². The maximum Gasteiger partial charge on any atom is 0.281 e. The van der Waals surface area contributed by atoms with Crippen LogP contribution in [0.4, 0.5) is 10.1 Å². The normalized spacial score (nSPS) is 20.2. The second-order valence-corrected chi connectivity index (χ2v) is 6.80. The topological polar surface area (TPSA) is 101 Å². The number of anilines is 1. The summed E-state index contributed by atoms with van der Waals surface area (Å²) < 4.78 is 23.8. The lowest BCUT2D eigenvalue weighted by molar-refractivity contribution is -0.136. The predicted octanol–water partition coefficient (Wildman–Crippen LogP) is 2.56. The van der Waals surface area contributed by atoms with Crippen molar-refractivity contribution >= 4 is 23.2 Å². The van der Waals surface area contributed by atoms with E-state index in [4.69, 9.17) is 19.6 Å². The van der Waals surface area contributed by atoms with Crippen LogP contribution >= 0.6 is 0 Å². The number of rotatable bonds is 5. The first-order valence-electron chi connectivity index (χ1n) is 9.03. The average Bonchev–Trinajstić information content (AvgIpc) is 3.28. The van der Waals surface area contributed by atoms with Gasteiger partial charge in [-0.05, 0) is 42.5 Å². The molecule has 0 N–H and O–H groups in total. The SMILES string of the molecule is COc1cc(C2=NOC3(CC(=O)N(c4ccc(F)cc4)C3=O)C2)ccc1OCC#N. The van der Waals surface area contributed by atoms with E-state index in [0.29, 0.717) is 22.8 Å². The van der Waals surface area contributed by atoms with Gasteiger partial charge in [-0.25, -0.2) is 9.29 Å². The molecule has 0 aliphatic carbocycles. The zero-order valence-electron chi connectivity index (χ0n) is 15.9. The van der Waals surface area contributed by atoms with E-state index >= 15 is 0 Å². The molecule has 2 aliphatic rings. The number of carbonyl (C=O) groups is 2. The lowest BCUT2D eigenvalue weighted by Gasteiger charge is -2.19. The number of hydrogen-bond donors (Lipinski definition) is 0. The number of nitrogens with zero attached hydrogens (tertiary/aromatic N) is 3. The highest BCUT2D eigenvalue weighted by Gasteiger charge is 2.58. The lowest BCUT2D eigenvalue weighted by atomic mass is 9.92. The number of oxime groups is 1. The molecule has 0 bridgehead atoms. The molecular weight excluding hydrogens is 393 g/mol. The lowest BCUT2D eigenvalue weighted by Crippen LogP contribution is -2.40. The third-order valence-electron chi connectivity index (χ3n) is 4.94. The summed E-state index contributed by atoms with van der Waals surface area (Å²) in [5.74, 6) is -0.661. The number of halogens is 1. The molecule has 0 saturated carbocycles. The molecule has 1 spiro atoms. The zero-order valence-corrected chi connectivity index (χ0v) is 15.9. The minimum absolute atomic E-state index is 0.0941. The van der Waals surface area contributed by atoms with Gasteiger partial charge in [0.25, 0.3) is 5.91 Å². The molecule has 1 unspecified atom stereocenters. The Morgan fingerprint density at radius 3 is 2.67 bits per heavy atom. The third-order valence-corrected chi connectivity index (χ3v) is 4.94. The van der Waals surface area contributed by atoms with Gasteiger partial charge in [-0.1, -0.05) is 5.16 Å². The van der Waals surface area contributed by atoms with Crippen LogP contribution in [0, 0.1) is 17.1 Å². The molecule has 2 heterocycles. The molecule has 9 heteroatoms. The summed E-state index contributed by atoms with van der Waals surface area (Å²) in [6.45, 7) is -0.126. The van der Waals surface area contributed by atoms with Crippen molar-refractivity contribution in [1.29, 1.82) is 5.26 Å². The Morgan fingerprint density at radius 1 is 1.20 bits per heavy atom. The largest absolute Gasteiger partial charge is 0.493 e. The second kappa shape index (κ2) is 7.48. The molecule has 0 aromatic heterocycles. The monoisotopic (exact) mass is 409 g/mol. The van der Waals surface area contributed by atoms with Crippen LogP contribution < -0.4 is 14.4 Å². The van der Waals surface area contributed by atoms with Crippen LogP contribution in [0.25, 0.3) is 0 Å². The van der Waals surface area contributed by atoms with E-state index in [1.165, 1.54) is 31.4 Å². The van der Waals surface area contributed by atoms with E-state index in [1.54, 1.807) is 18.2 Å². The molecule has 2 aromatic carbocycles. The van der Waals surface area contributed by atoms with Crippen molar-refractivity contribution in [3.8, 4) is 17.6 Å². The van der Waals surface area contributed by atoms with Crippen molar-refractivity contribution in [3.63, 3.8) is 0 Å². The summed E-state index contributed by atoms with van der Waals surface area (Å²) in [7, 11) is 1.46. The highest BCUT2D eigenvalue weighted by Crippen LogP contribution is 2.40. The van der Waals surface area contributed by atoms with Gasteiger partial charge in [-0.2, -0.15) is 5.26 Å². The number of ether oxygens (including phenoxy) is 2. The van der Waals surface area contributed by atoms with Crippen LogP contribution in [0.2, 0.25) is 0 Å². The third kappa shape index (κ3) is 3.22. The number of nitriles is 1. The van der Waals surface area contributed by atoms with Crippen molar-refractivity contribution < 1.29 is 28.3 Å². The van der Waals surface area contributed by atoms with E-state index < -0.39 is 23.2 Å². The molecule has 2 aromatic rings. The first-order valence-corrected chi connectivity index (χ1v) is 9.03. The van der Waals surface area contributed by atoms with Crippen molar-refractivity contribution in [1.82, 2.24) is 0 Å². The Balaban J connectivity index is 1.56. The zero-order chi connectivity index (χ0) is 21.3. The van der Waals surface area contributed by atoms with Gasteiger partial charge in [0.05, 0.1) is 24.9 Å². The minimum Gasteiger partial charge on any atom is -0.493 e. The summed E-state index contributed by atoms with van der Waals surface area (Å²) in [6.07, 6.45) is -0.0759. The standard InChI is InChI=1S/C21H16FN3O5/c1-28-18-10-13(2-7-17(18)29-9-8-23)16-11-21(30-24-16)12-19(26)25(20(21)27)15-5-3-14(22)4-6-15/h2-7,10H,9,11-12H2,1H3. The Morgan fingerprint density at radius 2 is 1.97 bits per heavy atom. The minimum atomic E-state index is -1.43. The molecule has 2 amide bonds. The summed E-state index contributed by atoms with van der Waals surface area (Å²) in [4.78, 5) is 32.1. The molecular formula is C21H16FN3O5. The highest BCUT2D eigenvalue weighted by molar-refractivity contribution is 6.25. The van der Waals surface area contributed by atoms with E-state index in [1.807, 2.05) is 6.07 Å². The van der Waals surface area contributed by atoms with Crippen LogP contribution in [-0.4, -0.2) is 36.8 Å². The second-order valence-electron chi connectivity index (χ2n) is 6.80. The predicted molar refractivity (Wildman–Crippen MR) is 103 cm³/mol. The molecule has 1 fully saturated rings. The Hall–Kier alpha value is -3.93. The number of benzene rings is 2. The van der Waals surface area contributed by atoms with Gasteiger partial charge in [0.15, 0.2) is 18.1 Å². The van der Waals surface area contributed by atoms with Gasteiger partial charge in [-0.15, -0.1) is 0 Å². The van der Waals surface area contributed by atoms with Crippen LogP contribution in [-0.2, 0) is 14.4 Å². The van der Waals surface area contributed by atoms with Crippen molar-refractivity contribution in [2.75, 3.05) is 18.6 Å². The molecule has 152 valence electrons. The Labute approximate surface area is 171 Å². The van der Waals surface area contributed by atoms with Crippen molar-refractivity contribution in [2.45, 2.75) is 18.4 Å². The number of hydrogen-bond acceptors (Lipinski definition) is 7. The van der Waals surface area contributed by atoms with Crippen LogP contribution in [0.15, 0.2) is 47.6 Å². The van der Waals surface area contributed by atoms with Gasteiger partial charge in [0.2, 0.25) is 11.5 Å². The summed E-state index contributed by atoms with van der Waals surface area (Å²) in [5.41, 5.74) is -0.0407. The molecule has 30 heavy (non-hydrogen) atoms. The van der Waals surface area contributed by atoms with E-state index in [-0.39, 0.29) is 25.1 Å². The van der Waals surface area contributed by atoms with Crippen LogP contribution in [0.1, 0.15) is 18.4 Å². The molecule has 0 radical (unpaired) electrons. The molecule has 2 aliphatic heterocycles. The van der Waals surface area contributed by atoms with Crippen LogP contribution in [0.3, 0.4) is 0 Å². The maximum absolute atomic E-state index is 13.2. The average molecular weight is 409 g/mol. The summed E-state index contributed by atoms with van der Waals surface area (Å²) in [6, 6.07) is 12.0. The van der Waals surface area contributed by atoms with Crippen molar-refractivity contribution in [2.24, 2.45) is 5.16 Å². The first kappa shape index (κ1) is 19.4. The number of imide groups is 1. The maximum atomic E-state index is 13.2. The van der Waals surface area contributed by atoms with Gasteiger partial charge >= 0.3 is 0 Å². The molecule has 1 atom stereocenters. The smallest absolute Gasteiger partial charge is 0.281 e. The fourth-order valence-corrected chi connectivity index (χ4v) is 3.49. The van der Waals surface area contributed by atoms with E-state index in [9.17, 15) is 14.0 Å². The highest BCUT2D eigenvalue weighted by atomic mass is 19.1. The van der Waals surface area contributed by atoms with Gasteiger partial charge in [0, 0.05) is 12.0 Å². The van der Waals surface area contributed by atoms with Crippen molar-refractivity contribution in [3.05, 3.63) is 53.8 Å². The fraction of sp³-hybridized carbons (Fsp3) is 0.238. The Kier molecular flexibility index (Phi) is 4.83. The number of carbonyl (C=O) groups excluding carboxylic acids is 2. The quantitative estimate of drug-likeness (QED) is 0.704. The van der Waals surface area contributed by atoms with E-state index in [0.717, 1.165) is 4.90 Å². The number of amides is 2. The van der Waals surface area contributed by atoms with Crippen LogP contribution in [0.5, 0.6) is 11.5 Å². The number of methoxy groups -OCH3 is 1. The molecule has 8 nitrogen and oxygen atoms in total. The van der Waals surface area contributed by atoms with Gasteiger partial charge < -0.3 is 14.3 Å². The Bertz CT molecular complexity index is 1090. The summed E-state index contributed by atoms with van der Waals surface area (Å²) in [5, 5.41) is 12.7. The van der Waals surface area contributed by atoms with Gasteiger partial charge in [-0.3, -0.25) is 9.59 Å².